The molecule has 0 radical (unpaired) electrons. The van der Waals surface area contributed by atoms with Crippen LogP contribution in [0.25, 0.3) is 0 Å². The Kier molecular flexibility index (Phi) is 51.0. The summed E-state index contributed by atoms with van der Waals surface area (Å²) < 4.78 is 84.9. The Morgan fingerprint density at radius 3 is 1.17 bits per heavy atom. The van der Waals surface area contributed by atoms with E-state index in [2.05, 4.69) is 53.0 Å². The molecule has 30 heteroatoms. The Bertz CT molecular complexity index is 4150. The maximum Gasteiger partial charge on any atom is 0.329 e. The number of methoxy groups -OCH3 is 4. The first-order chi connectivity index (χ1) is 69.6. The molecule has 32 unspecified atom stereocenters. The molecule has 146 heavy (non-hydrogen) atoms. The molecule has 6 saturated heterocycles. The normalized spacial score (nSPS) is 39.4. The van der Waals surface area contributed by atoms with E-state index in [0.717, 1.165) is 60.8 Å². The van der Waals surface area contributed by atoms with Gasteiger partial charge in [-0.3, -0.25) is 28.8 Å². The van der Waals surface area contributed by atoms with Crippen molar-refractivity contribution < 1.29 is 135 Å². The predicted molar refractivity (Wildman–Crippen MR) is 556 cm³/mol. The molecule has 30 nitrogen and oxygen atoms in total. The number of Topliss-reactive ketones (excluding diaryl/α,β-unsaturated/α-hetero) is 4. The number of aliphatic hydroxyl groups excluding tert-OH is 4. The van der Waals surface area contributed by atoms with Gasteiger partial charge in [-0.25, -0.2) is 9.59 Å². The largest absolute Gasteiger partial charge is 0.460 e. The van der Waals surface area contributed by atoms with Crippen molar-refractivity contribution in [2.24, 2.45) is 82.9 Å². The fraction of sp³-hybridized carbons (Fsp3) is 0.759. The first-order valence-electron chi connectivity index (χ1n) is 54.7. The maximum absolute atomic E-state index is 14.6. The second-order valence-corrected chi connectivity index (χ2v) is 44.3. The number of esters is 2. The fourth-order valence-corrected chi connectivity index (χ4v) is 23.0. The summed E-state index contributed by atoms with van der Waals surface area (Å²) in [4.78, 5) is 118. The third-order valence-corrected chi connectivity index (χ3v) is 32.8. The minimum Gasteiger partial charge on any atom is -0.460 e. The SMILES string of the molecule is C=C1C(C)CC(C)/C=C/C=C/C=C(\C)C(OCC2CCOC2)CC2CCC(C)C(O)(O2)C(=O)C(=O)N2CCCCC2C(=O)OC(C(C)CC2CCC(OCCO)C(OC)C2)CC(=O)C(C)/C=C(\C)C(O)C1OC.C=C1C(C)CC(C)/C=C/C=C/C=C(\C)C(OCC2CCOC2)CC2CCC(C)C(O)(O2)C(=O)C(=O)N2CCCCC2C(=O)OC(C(C)CC2CCC(OCCO)C(OC)C2)CC(=O)C(C)/C=C(\C)C(O)C1OC. The van der Waals surface area contributed by atoms with Crippen molar-refractivity contribution >= 4 is 46.9 Å². The lowest BCUT2D eigenvalue weighted by molar-refractivity contribution is -0.266. The molecule has 4 bridgehead atoms. The van der Waals surface area contributed by atoms with Crippen molar-refractivity contribution in [1.82, 2.24) is 9.80 Å². The van der Waals surface area contributed by atoms with Gasteiger partial charge in [-0.2, -0.15) is 0 Å². The van der Waals surface area contributed by atoms with Crippen molar-refractivity contribution in [2.45, 2.75) is 373 Å². The molecule has 10 rings (SSSR count). The van der Waals surface area contributed by atoms with Crippen LogP contribution in [-0.4, -0.2) is 304 Å². The number of aliphatic hydroxyl groups is 6. The zero-order valence-corrected chi connectivity index (χ0v) is 91.1. The lowest BCUT2D eigenvalue weighted by atomic mass is 9.78. The third kappa shape index (κ3) is 35.1. The lowest BCUT2D eigenvalue weighted by Gasteiger charge is -2.43. The van der Waals surface area contributed by atoms with E-state index in [-0.39, 0.29) is 160 Å². The molecule has 2 saturated carbocycles. The molecule has 0 spiro atoms. The highest BCUT2D eigenvalue weighted by Gasteiger charge is 2.56. The van der Waals surface area contributed by atoms with Crippen LogP contribution in [0.15, 0.2) is 120 Å². The van der Waals surface area contributed by atoms with E-state index in [4.69, 9.17) is 66.3 Å². The molecular formula is C116H182N2O28. The van der Waals surface area contributed by atoms with Crippen molar-refractivity contribution in [1.29, 1.82) is 0 Å². The summed E-state index contributed by atoms with van der Waals surface area (Å²) in [5.74, 6) is -13.3. The Morgan fingerprint density at radius 1 is 0.438 bits per heavy atom. The molecule has 32 atom stereocenters. The zero-order chi connectivity index (χ0) is 107. The number of nitrogens with zero attached hydrogens (tertiary/aromatic N) is 2. The van der Waals surface area contributed by atoms with Crippen LogP contribution >= 0.6 is 0 Å². The van der Waals surface area contributed by atoms with Gasteiger partial charge in [0.15, 0.2) is 0 Å². The van der Waals surface area contributed by atoms with Crippen molar-refractivity contribution in [3.63, 3.8) is 0 Å². The summed E-state index contributed by atoms with van der Waals surface area (Å²) in [6.07, 6.45) is 29.3. The van der Waals surface area contributed by atoms with E-state index in [9.17, 15) is 69.0 Å². The minimum atomic E-state index is -2.44. The average Bonchev–Trinajstić information content (AvgIpc) is 0.924. The topological polar surface area (TPSA) is 394 Å². The van der Waals surface area contributed by atoms with Crippen LogP contribution in [-0.2, 0) is 105 Å². The molecule has 0 aromatic carbocycles. The van der Waals surface area contributed by atoms with Crippen LogP contribution in [0.1, 0.15) is 264 Å². The summed E-state index contributed by atoms with van der Waals surface area (Å²) in [5.41, 5.74) is 4.44. The molecule has 8 fully saturated rings. The summed E-state index contributed by atoms with van der Waals surface area (Å²) in [7, 11) is 6.38. The second-order valence-electron chi connectivity index (χ2n) is 44.3. The molecular weight excluding hydrogens is 1870 g/mol. The number of carbonyl (C=O) groups excluding carboxylic acids is 8. The zero-order valence-electron chi connectivity index (χ0n) is 91.1. The van der Waals surface area contributed by atoms with Gasteiger partial charge < -0.3 is 107 Å². The standard InChI is InChI=1S/2C58H91NO14/c2*1-36-16-12-11-13-17-37(2)50(71-35-45-23-26-69-34-45)32-46-21-19-42(7)58(66,73-46)55(63)56(64)59-24-15-14-18-47(59)57(65)72-51(40(5)30-44-20-22-49(70-27-25-60)52(31-44)67-9)33-48(61)39(4)29-41(6)53(62)54(68-10)43(8)38(3)28-36/h2*11-13,16-17,29,36,38-40,42,44-47,49-54,60,62,66H,8,14-15,18-28,30-35H2,1-7,9-10H3/b2*13-11+,16-12+,37-17+,41-29+. The highest BCUT2D eigenvalue weighted by atomic mass is 16.7. The summed E-state index contributed by atoms with van der Waals surface area (Å²) in [5, 5.41) is 66.6. The number of fused-ring (bicyclic) bond motifs is 6. The van der Waals surface area contributed by atoms with Gasteiger partial charge in [0, 0.05) is 116 Å². The highest BCUT2D eigenvalue weighted by Crippen LogP contribution is 2.44. The van der Waals surface area contributed by atoms with E-state index in [1.807, 2.05) is 76.3 Å². The number of allylic oxidation sites excluding steroid dienone is 12. The van der Waals surface area contributed by atoms with Gasteiger partial charge in [-0.05, 0) is 250 Å². The fourth-order valence-electron chi connectivity index (χ4n) is 23.0. The number of ketones is 4. The van der Waals surface area contributed by atoms with Crippen molar-refractivity contribution in [2.75, 3.05) is 108 Å². The number of carbonyl (C=O) groups is 8. The third-order valence-electron chi connectivity index (χ3n) is 32.8. The average molecular weight is 2050 g/mol. The smallest absolute Gasteiger partial charge is 0.329 e. The van der Waals surface area contributed by atoms with Crippen LogP contribution in [0.4, 0.5) is 0 Å². The lowest BCUT2D eigenvalue weighted by Crippen LogP contribution is -2.61. The molecule has 6 N–H and O–H groups in total. The number of hydrogen-bond donors (Lipinski definition) is 6. The Labute approximate surface area is 870 Å². The molecule has 0 aromatic rings. The van der Waals surface area contributed by atoms with E-state index in [0.29, 0.717) is 154 Å². The van der Waals surface area contributed by atoms with Gasteiger partial charge in [-0.15, -0.1) is 0 Å². The Morgan fingerprint density at radius 2 is 0.822 bits per heavy atom. The van der Waals surface area contributed by atoms with Crippen molar-refractivity contribution in [3.05, 3.63) is 120 Å². The molecule has 2 aliphatic carbocycles. The van der Waals surface area contributed by atoms with Gasteiger partial charge in [0.1, 0.15) is 60.3 Å². The van der Waals surface area contributed by atoms with Crippen LogP contribution in [0, 0.1) is 82.9 Å². The Balaban J connectivity index is 0.000000325. The van der Waals surface area contributed by atoms with Crippen LogP contribution in [0.3, 0.4) is 0 Å². The quantitative estimate of drug-likeness (QED) is 0.0333. The number of piperidine rings is 2. The second kappa shape index (κ2) is 60.6. The molecule has 8 heterocycles. The van der Waals surface area contributed by atoms with E-state index in [1.54, 1.807) is 82.1 Å². The first-order valence-corrected chi connectivity index (χ1v) is 54.7. The molecule has 824 valence electrons. The number of hydrogen-bond acceptors (Lipinski definition) is 28. The molecule has 2 amide bonds. The van der Waals surface area contributed by atoms with Crippen molar-refractivity contribution in [3.8, 4) is 0 Å². The maximum atomic E-state index is 14.6. The van der Waals surface area contributed by atoms with Crippen LogP contribution in [0.5, 0.6) is 0 Å². The summed E-state index contributed by atoms with van der Waals surface area (Å²) in [6.45, 7) is 39.5. The molecule has 0 aromatic heterocycles. The van der Waals surface area contributed by atoms with Gasteiger partial charge in [0.2, 0.25) is 11.6 Å². The summed E-state index contributed by atoms with van der Waals surface area (Å²) in [6, 6.07) is -2.26. The number of rotatable bonds is 22. The van der Waals surface area contributed by atoms with Gasteiger partial charge >= 0.3 is 11.9 Å². The van der Waals surface area contributed by atoms with Gasteiger partial charge in [-0.1, -0.05) is 155 Å². The van der Waals surface area contributed by atoms with E-state index < -0.39 is 144 Å². The van der Waals surface area contributed by atoms with Crippen LogP contribution in [0.2, 0.25) is 0 Å². The van der Waals surface area contributed by atoms with Gasteiger partial charge in [0.25, 0.3) is 23.4 Å². The highest BCUT2D eigenvalue weighted by molar-refractivity contribution is 6.39. The van der Waals surface area contributed by atoms with Gasteiger partial charge in [0.05, 0.1) is 102 Å². The number of ether oxygens (including phenoxy) is 14. The minimum absolute atomic E-state index is 0.0102. The van der Waals surface area contributed by atoms with E-state index >= 15 is 0 Å². The first kappa shape index (κ1) is 123. The predicted octanol–water partition coefficient (Wildman–Crippen LogP) is 15.2. The number of cyclic esters (lactones) is 2. The molecule has 10 aliphatic rings. The van der Waals surface area contributed by atoms with Crippen LogP contribution < -0.4 is 0 Å². The summed E-state index contributed by atoms with van der Waals surface area (Å²) >= 11 is 0. The molecule has 8 aliphatic heterocycles. The number of amides is 2. The van der Waals surface area contributed by atoms with E-state index in [1.165, 1.54) is 9.80 Å². The Hall–Kier alpha value is -6.76. The monoisotopic (exact) mass is 2050 g/mol.